The standard InChI is InChI=1S/C23H21N3O4/c1-25-12-20(27)26-17(23(25)28)11-15-14-4-2-3-5-16(14)24-21(15)22(26)13-6-7-18-19(10-13)30-9-8-29-18/h2-7,10,17,22,24H,8-9,11-12H2,1H3/t17-,22+/m1/s1. The van der Waals surface area contributed by atoms with Crippen molar-refractivity contribution in [2.45, 2.75) is 18.5 Å². The molecule has 1 fully saturated rings. The number of hydrogen-bond acceptors (Lipinski definition) is 4. The second-order valence-electron chi connectivity index (χ2n) is 8.08. The lowest BCUT2D eigenvalue weighted by Crippen LogP contribution is -2.62. The van der Waals surface area contributed by atoms with Crippen LogP contribution in [0.2, 0.25) is 0 Å². The minimum absolute atomic E-state index is 0.0203. The molecule has 6 rings (SSSR count). The second-order valence-corrected chi connectivity index (χ2v) is 8.08. The van der Waals surface area contributed by atoms with E-state index in [0.29, 0.717) is 31.1 Å². The largest absolute Gasteiger partial charge is 0.486 e. The molecule has 3 aromatic rings. The SMILES string of the molecule is CN1CC(=O)N2[C@@H](c3ccc4c(c3)OCCO4)c3[nH]c4ccccc4c3C[C@@H]2C1=O. The lowest BCUT2D eigenvalue weighted by molar-refractivity contribution is -0.157. The lowest BCUT2D eigenvalue weighted by Gasteiger charge is -2.46. The highest BCUT2D eigenvalue weighted by Gasteiger charge is 2.47. The zero-order valence-electron chi connectivity index (χ0n) is 16.6. The van der Waals surface area contributed by atoms with Gasteiger partial charge in [0.1, 0.15) is 19.3 Å². The Morgan fingerprint density at radius 2 is 1.83 bits per heavy atom. The van der Waals surface area contributed by atoms with Crippen LogP contribution in [0.25, 0.3) is 10.9 Å². The first-order valence-electron chi connectivity index (χ1n) is 10.2. The van der Waals surface area contributed by atoms with Crippen LogP contribution in [-0.4, -0.2) is 59.4 Å². The molecule has 0 bridgehead atoms. The van der Waals surface area contributed by atoms with Gasteiger partial charge in [-0.3, -0.25) is 9.59 Å². The number of likely N-dealkylation sites (N-methyl/N-ethyl adjacent to an activating group) is 1. The number of aromatic amines is 1. The molecule has 0 radical (unpaired) electrons. The Kier molecular flexibility index (Phi) is 3.63. The van der Waals surface area contributed by atoms with Gasteiger partial charge in [0.15, 0.2) is 11.5 Å². The number of H-pyrrole nitrogens is 1. The molecule has 0 aliphatic carbocycles. The monoisotopic (exact) mass is 403 g/mol. The lowest BCUT2D eigenvalue weighted by atomic mass is 9.86. The third-order valence-electron chi connectivity index (χ3n) is 6.34. The van der Waals surface area contributed by atoms with Crippen molar-refractivity contribution in [1.82, 2.24) is 14.8 Å². The molecule has 30 heavy (non-hydrogen) atoms. The van der Waals surface area contributed by atoms with E-state index in [9.17, 15) is 9.59 Å². The van der Waals surface area contributed by atoms with E-state index in [-0.39, 0.29) is 24.4 Å². The Labute approximate surface area is 173 Å². The zero-order valence-corrected chi connectivity index (χ0v) is 16.6. The van der Waals surface area contributed by atoms with Gasteiger partial charge in [-0.25, -0.2) is 0 Å². The van der Waals surface area contributed by atoms with Gasteiger partial charge in [0.2, 0.25) is 11.8 Å². The van der Waals surface area contributed by atoms with Crippen LogP contribution in [0.5, 0.6) is 11.5 Å². The maximum absolute atomic E-state index is 13.1. The van der Waals surface area contributed by atoms with Crippen molar-refractivity contribution < 1.29 is 19.1 Å². The van der Waals surface area contributed by atoms with E-state index < -0.39 is 6.04 Å². The summed E-state index contributed by atoms with van der Waals surface area (Å²) >= 11 is 0. The van der Waals surface area contributed by atoms with Crippen LogP contribution in [0.3, 0.4) is 0 Å². The number of hydrogen-bond donors (Lipinski definition) is 1. The summed E-state index contributed by atoms with van der Waals surface area (Å²) < 4.78 is 11.5. The van der Waals surface area contributed by atoms with Gasteiger partial charge in [-0.2, -0.15) is 0 Å². The number of amides is 2. The number of benzene rings is 2. The number of aromatic nitrogens is 1. The molecular weight excluding hydrogens is 382 g/mol. The third kappa shape index (κ3) is 2.38. The number of fused-ring (bicyclic) bond motifs is 5. The minimum Gasteiger partial charge on any atom is -0.486 e. The Morgan fingerprint density at radius 3 is 2.70 bits per heavy atom. The summed E-state index contributed by atoms with van der Waals surface area (Å²) in [5.41, 5.74) is 3.98. The molecule has 4 heterocycles. The topological polar surface area (TPSA) is 74.9 Å². The van der Waals surface area contributed by atoms with Gasteiger partial charge >= 0.3 is 0 Å². The number of carbonyl (C=O) groups is 2. The Bertz CT molecular complexity index is 1200. The van der Waals surface area contributed by atoms with Gasteiger partial charge in [-0.1, -0.05) is 24.3 Å². The fourth-order valence-corrected chi connectivity index (χ4v) is 4.98. The van der Waals surface area contributed by atoms with Crippen LogP contribution in [0.15, 0.2) is 42.5 Å². The molecule has 2 amide bonds. The molecule has 2 atom stereocenters. The molecule has 0 saturated carbocycles. The van der Waals surface area contributed by atoms with E-state index in [2.05, 4.69) is 11.1 Å². The van der Waals surface area contributed by atoms with E-state index in [1.807, 2.05) is 36.4 Å². The van der Waals surface area contributed by atoms with Crippen molar-refractivity contribution in [1.29, 1.82) is 0 Å². The Hall–Kier alpha value is -3.48. The normalized spacial score (nSPS) is 22.8. The van der Waals surface area contributed by atoms with Crippen LogP contribution in [0, 0.1) is 0 Å². The van der Waals surface area contributed by atoms with Gasteiger partial charge in [0.05, 0.1) is 12.6 Å². The van der Waals surface area contributed by atoms with Crippen molar-refractivity contribution >= 4 is 22.7 Å². The van der Waals surface area contributed by atoms with Crippen LogP contribution >= 0.6 is 0 Å². The number of carbonyl (C=O) groups excluding carboxylic acids is 2. The first-order valence-corrected chi connectivity index (χ1v) is 10.2. The first kappa shape index (κ1) is 17.4. The van der Waals surface area contributed by atoms with E-state index in [4.69, 9.17) is 9.47 Å². The van der Waals surface area contributed by atoms with Crippen molar-refractivity contribution in [3.63, 3.8) is 0 Å². The number of para-hydroxylation sites is 1. The fourth-order valence-electron chi connectivity index (χ4n) is 4.98. The average molecular weight is 403 g/mol. The van der Waals surface area contributed by atoms with Gasteiger partial charge in [0.25, 0.3) is 0 Å². The van der Waals surface area contributed by atoms with Gasteiger partial charge in [-0.15, -0.1) is 0 Å². The molecule has 2 aromatic carbocycles. The maximum Gasteiger partial charge on any atom is 0.245 e. The van der Waals surface area contributed by atoms with Crippen molar-refractivity contribution in [2.75, 3.05) is 26.8 Å². The highest BCUT2D eigenvalue weighted by atomic mass is 16.6. The summed E-state index contributed by atoms with van der Waals surface area (Å²) in [6.45, 7) is 1.11. The average Bonchev–Trinajstić information content (AvgIpc) is 3.14. The van der Waals surface area contributed by atoms with Crippen molar-refractivity contribution in [3.8, 4) is 11.5 Å². The number of nitrogens with one attached hydrogen (secondary N) is 1. The second kappa shape index (κ2) is 6.26. The number of nitrogens with zero attached hydrogens (tertiary/aromatic N) is 2. The molecule has 0 spiro atoms. The molecule has 1 aromatic heterocycles. The molecule has 0 unspecified atom stereocenters. The molecule has 7 nitrogen and oxygen atoms in total. The van der Waals surface area contributed by atoms with Crippen molar-refractivity contribution in [2.24, 2.45) is 0 Å². The van der Waals surface area contributed by atoms with Crippen LogP contribution in [0.4, 0.5) is 0 Å². The number of ether oxygens (including phenoxy) is 2. The third-order valence-corrected chi connectivity index (χ3v) is 6.34. The van der Waals surface area contributed by atoms with E-state index >= 15 is 0 Å². The molecule has 3 aliphatic rings. The molecule has 152 valence electrons. The van der Waals surface area contributed by atoms with Crippen LogP contribution in [-0.2, 0) is 16.0 Å². The summed E-state index contributed by atoms with van der Waals surface area (Å²) in [4.78, 5) is 33.0. The number of rotatable bonds is 1. The summed E-state index contributed by atoms with van der Waals surface area (Å²) in [5.74, 6) is 1.31. The quantitative estimate of drug-likeness (QED) is 0.676. The fraction of sp³-hybridized carbons (Fsp3) is 0.304. The summed E-state index contributed by atoms with van der Waals surface area (Å²) in [7, 11) is 1.70. The predicted molar refractivity (Wildman–Crippen MR) is 110 cm³/mol. The highest BCUT2D eigenvalue weighted by Crippen LogP contribution is 2.44. The number of piperazine rings is 1. The van der Waals surface area contributed by atoms with Gasteiger partial charge < -0.3 is 24.3 Å². The van der Waals surface area contributed by atoms with Gasteiger partial charge in [-0.05, 0) is 29.3 Å². The van der Waals surface area contributed by atoms with Crippen LogP contribution in [0.1, 0.15) is 22.9 Å². The molecule has 1 saturated heterocycles. The Morgan fingerprint density at radius 1 is 1.03 bits per heavy atom. The smallest absolute Gasteiger partial charge is 0.245 e. The zero-order chi connectivity index (χ0) is 20.4. The van der Waals surface area contributed by atoms with Crippen molar-refractivity contribution in [3.05, 3.63) is 59.3 Å². The summed E-state index contributed by atoms with van der Waals surface area (Å²) in [6, 6.07) is 13.0. The minimum atomic E-state index is -0.513. The van der Waals surface area contributed by atoms with Gasteiger partial charge in [0, 0.05) is 30.1 Å². The molecule has 3 aliphatic heterocycles. The molecular formula is C23H21N3O4. The predicted octanol–water partition coefficient (Wildman–Crippen LogP) is 2.25. The van der Waals surface area contributed by atoms with Crippen LogP contribution < -0.4 is 9.47 Å². The Balaban J connectivity index is 1.57. The van der Waals surface area contributed by atoms with E-state index in [0.717, 1.165) is 27.7 Å². The van der Waals surface area contributed by atoms with E-state index in [1.165, 1.54) is 4.90 Å². The highest BCUT2D eigenvalue weighted by molar-refractivity contribution is 5.97. The summed E-state index contributed by atoms with van der Waals surface area (Å²) in [5, 5.41) is 1.10. The molecule has 7 heteroatoms. The molecule has 1 N–H and O–H groups in total. The maximum atomic E-state index is 13.1. The summed E-state index contributed by atoms with van der Waals surface area (Å²) in [6.07, 6.45) is 0.509. The van der Waals surface area contributed by atoms with E-state index in [1.54, 1.807) is 11.9 Å². The first-order chi connectivity index (χ1) is 14.6.